The first-order chi connectivity index (χ1) is 6.97. The van der Waals surface area contributed by atoms with Crippen molar-refractivity contribution >= 4 is 17.5 Å². The molecule has 0 aromatic carbocycles. The molecule has 0 saturated carbocycles. The molecule has 1 rings (SSSR count). The van der Waals surface area contributed by atoms with Crippen LogP contribution in [0.15, 0.2) is 0 Å². The van der Waals surface area contributed by atoms with Gasteiger partial charge in [-0.15, -0.1) is 0 Å². The topological polar surface area (TPSA) is 72.9 Å². The van der Waals surface area contributed by atoms with Crippen LogP contribution >= 0.6 is 11.6 Å². The number of aryl methyl sites for hydroxylation is 1. The second kappa shape index (κ2) is 4.63. The molecule has 0 aliphatic heterocycles. The summed E-state index contributed by atoms with van der Waals surface area (Å²) in [6.45, 7) is 5.60. The molecule has 6 heteroatoms. The highest BCUT2D eigenvalue weighted by atomic mass is 35.5. The molecule has 0 radical (unpaired) electrons. The molecule has 0 aliphatic carbocycles. The monoisotopic (exact) mass is 230 g/mol. The maximum absolute atomic E-state index is 11.1. The quantitative estimate of drug-likeness (QED) is 0.464. The van der Waals surface area contributed by atoms with Crippen LogP contribution in [-0.4, -0.2) is 15.7 Å². The summed E-state index contributed by atoms with van der Waals surface area (Å²) in [4.78, 5) is 11.1. The normalized spacial score (nSPS) is 12.6. The number of aromatic nitrogens is 2. The van der Waals surface area contributed by atoms with Gasteiger partial charge in [0.1, 0.15) is 0 Å². The lowest BCUT2D eigenvalue weighted by molar-refractivity contribution is -0.121. The Hall–Kier alpha value is -1.07. The van der Waals surface area contributed by atoms with E-state index in [1.165, 1.54) is 0 Å². The van der Waals surface area contributed by atoms with E-state index in [-0.39, 0.29) is 18.4 Å². The summed E-state index contributed by atoms with van der Waals surface area (Å²) in [5.41, 5.74) is 3.73. The summed E-state index contributed by atoms with van der Waals surface area (Å²) < 4.78 is 1.74. The minimum Gasteiger partial charge on any atom is -0.294 e. The number of halogens is 1. The second-order valence-electron chi connectivity index (χ2n) is 3.55. The Labute approximate surface area is 93.6 Å². The van der Waals surface area contributed by atoms with Crippen LogP contribution in [0.1, 0.15) is 30.8 Å². The Balaban J connectivity index is 2.87. The largest absolute Gasteiger partial charge is 0.294 e. The molecule has 0 bridgehead atoms. The Morgan fingerprint density at radius 2 is 2.27 bits per heavy atom. The fourth-order valence-corrected chi connectivity index (χ4v) is 1.61. The van der Waals surface area contributed by atoms with Gasteiger partial charge in [0.2, 0.25) is 5.91 Å². The van der Waals surface area contributed by atoms with Gasteiger partial charge in [-0.1, -0.05) is 11.6 Å². The van der Waals surface area contributed by atoms with Gasteiger partial charge in [-0.25, -0.2) is 5.84 Å². The van der Waals surface area contributed by atoms with E-state index in [2.05, 4.69) is 10.5 Å². The molecule has 0 saturated heterocycles. The third kappa shape index (κ3) is 2.49. The van der Waals surface area contributed by atoms with Crippen LogP contribution in [-0.2, 0) is 4.79 Å². The van der Waals surface area contributed by atoms with Crippen molar-refractivity contribution in [2.75, 3.05) is 0 Å². The number of carbonyl (C=O) groups excluding carboxylic acids is 1. The van der Waals surface area contributed by atoms with Gasteiger partial charge in [0.15, 0.2) is 0 Å². The number of carbonyl (C=O) groups is 1. The molecular weight excluding hydrogens is 216 g/mol. The van der Waals surface area contributed by atoms with Gasteiger partial charge in [0.25, 0.3) is 0 Å². The second-order valence-corrected chi connectivity index (χ2v) is 3.93. The third-order valence-corrected chi connectivity index (χ3v) is 2.84. The van der Waals surface area contributed by atoms with Gasteiger partial charge < -0.3 is 0 Å². The molecular formula is C9H15ClN4O. The molecule has 1 aromatic rings. The minimum absolute atomic E-state index is 0.0558. The third-order valence-electron chi connectivity index (χ3n) is 2.30. The lowest BCUT2D eigenvalue weighted by Gasteiger charge is -2.12. The van der Waals surface area contributed by atoms with E-state index in [4.69, 9.17) is 17.4 Å². The maximum Gasteiger partial charge on any atom is 0.236 e. The van der Waals surface area contributed by atoms with E-state index in [9.17, 15) is 4.79 Å². The van der Waals surface area contributed by atoms with Crippen LogP contribution < -0.4 is 11.3 Å². The smallest absolute Gasteiger partial charge is 0.236 e. The standard InChI is InChI=1S/C9H15ClN4O/c1-5(4-8(15)12-11)14-7(3)9(10)6(2)13-14/h5H,4,11H2,1-3H3,(H,12,15). The predicted octanol–water partition coefficient (Wildman–Crippen LogP) is 1.09. The highest BCUT2D eigenvalue weighted by Crippen LogP contribution is 2.23. The number of nitrogens with one attached hydrogen (secondary N) is 1. The highest BCUT2D eigenvalue weighted by Gasteiger charge is 2.16. The molecule has 1 atom stereocenters. The Kier molecular flexibility index (Phi) is 3.71. The van der Waals surface area contributed by atoms with Crippen LogP contribution in [0, 0.1) is 13.8 Å². The first kappa shape index (κ1) is 12.0. The van der Waals surface area contributed by atoms with Gasteiger partial charge in [-0.05, 0) is 20.8 Å². The molecule has 15 heavy (non-hydrogen) atoms. The summed E-state index contributed by atoms with van der Waals surface area (Å²) >= 11 is 6.00. The van der Waals surface area contributed by atoms with Gasteiger partial charge in [0, 0.05) is 0 Å². The molecule has 1 amide bonds. The number of hydrogen-bond acceptors (Lipinski definition) is 3. The van der Waals surface area contributed by atoms with E-state index in [1.54, 1.807) is 4.68 Å². The van der Waals surface area contributed by atoms with Crippen LogP contribution in [0.3, 0.4) is 0 Å². The van der Waals surface area contributed by atoms with Crippen molar-refractivity contribution in [2.24, 2.45) is 5.84 Å². The zero-order valence-electron chi connectivity index (χ0n) is 9.04. The van der Waals surface area contributed by atoms with Gasteiger partial charge >= 0.3 is 0 Å². The summed E-state index contributed by atoms with van der Waals surface area (Å²) in [7, 11) is 0. The van der Waals surface area contributed by atoms with Crippen molar-refractivity contribution < 1.29 is 4.79 Å². The lowest BCUT2D eigenvalue weighted by Crippen LogP contribution is -2.31. The number of rotatable bonds is 3. The van der Waals surface area contributed by atoms with Crippen LogP contribution in [0.5, 0.6) is 0 Å². The number of amides is 1. The maximum atomic E-state index is 11.1. The first-order valence-electron chi connectivity index (χ1n) is 4.68. The average molecular weight is 231 g/mol. The molecule has 1 aromatic heterocycles. The Bertz CT molecular complexity index is 374. The molecule has 1 unspecified atom stereocenters. The van der Waals surface area contributed by atoms with E-state index < -0.39 is 0 Å². The van der Waals surface area contributed by atoms with Crippen molar-refractivity contribution in [3.05, 3.63) is 16.4 Å². The average Bonchev–Trinajstić information content (AvgIpc) is 2.45. The number of nitrogens with zero attached hydrogens (tertiary/aromatic N) is 2. The molecule has 3 N–H and O–H groups in total. The zero-order valence-corrected chi connectivity index (χ0v) is 9.80. The van der Waals surface area contributed by atoms with Gasteiger partial charge in [-0.3, -0.25) is 14.9 Å². The van der Waals surface area contributed by atoms with Crippen molar-refractivity contribution in [3.63, 3.8) is 0 Å². The summed E-state index contributed by atoms with van der Waals surface area (Å²) in [6, 6.07) is -0.0558. The van der Waals surface area contributed by atoms with Gasteiger partial charge in [0.05, 0.1) is 28.9 Å². The summed E-state index contributed by atoms with van der Waals surface area (Å²) in [5.74, 6) is 4.80. The van der Waals surface area contributed by atoms with Gasteiger partial charge in [-0.2, -0.15) is 5.10 Å². The summed E-state index contributed by atoms with van der Waals surface area (Å²) in [6.07, 6.45) is 0.286. The Morgan fingerprint density at radius 3 is 2.67 bits per heavy atom. The van der Waals surface area contributed by atoms with E-state index in [0.29, 0.717) is 5.02 Å². The van der Waals surface area contributed by atoms with Crippen LogP contribution in [0.2, 0.25) is 5.02 Å². The first-order valence-corrected chi connectivity index (χ1v) is 5.05. The van der Waals surface area contributed by atoms with E-state index in [0.717, 1.165) is 11.4 Å². The van der Waals surface area contributed by atoms with E-state index >= 15 is 0 Å². The van der Waals surface area contributed by atoms with Crippen molar-refractivity contribution in [2.45, 2.75) is 33.2 Å². The van der Waals surface area contributed by atoms with Crippen LogP contribution in [0.25, 0.3) is 0 Å². The number of hydrazine groups is 1. The van der Waals surface area contributed by atoms with Crippen molar-refractivity contribution in [3.8, 4) is 0 Å². The molecule has 5 nitrogen and oxygen atoms in total. The van der Waals surface area contributed by atoms with Crippen LogP contribution in [0.4, 0.5) is 0 Å². The predicted molar refractivity (Wildman–Crippen MR) is 58.4 cm³/mol. The Morgan fingerprint density at radius 1 is 1.67 bits per heavy atom. The zero-order chi connectivity index (χ0) is 11.6. The van der Waals surface area contributed by atoms with Crippen molar-refractivity contribution in [1.82, 2.24) is 15.2 Å². The minimum atomic E-state index is -0.217. The summed E-state index contributed by atoms with van der Waals surface area (Å²) in [5, 5.41) is 4.91. The lowest BCUT2D eigenvalue weighted by atomic mass is 10.2. The molecule has 84 valence electrons. The number of hydrogen-bond donors (Lipinski definition) is 2. The van der Waals surface area contributed by atoms with E-state index in [1.807, 2.05) is 20.8 Å². The molecule has 0 fully saturated rings. The fourth-order valence-electron chi connectivity index (χ4n) is 1.49. The number of nitrogens with two attached hydrogens (primary N) is 1. The molecule has 1 heterocycles. The molecule has 0 aliphatic rings. The highest BCUT2D eigenvalue weighted by molar-refractivity contribution is 6.31. The van der Waals surface area contributed by atoms with Crippen molar-refractivity contribution in [1.29, 1.82) is 0 Å². The fraction of sp³-hybridized carbons (Fsp3) is 0.556. The molecule has 0 spiro atoms. The SMILES string of the molecule is Cc1nn(C(C)CC(=O)NN)c(C)c1Cl.